The molecule has 0 radical (unpaired) electrons. The van der Waals surface area contributed by atoms with Gasteiger partial charge in [-0.1, -0.05) is 22.0 Å². The van der Waals surface area contributed by atoms with Crippen molar-refractivity contribution in [3.63, 3.8) is 0 Å². The molecule has 0 fully saturated rings. The van der Waals surface area contributed by atoms with Gasteiger partial charge in [0, 0.05) is 42.5 Å². The van der Waals surface area contributed by atoms with Gasteiger partial charge < -0.3 is 16.0 Å². The zero-order chi connectivity index (χ0) is 19.7. The minimum atomic E-state index is -2.98. The molecule has 0 spiro atoms. The van der Waals surface area contributed by atoms with E-state index in [1.165, 1.54) is 6.26 Å². The number of guanidine groups is 1. The summed E-state index contributed by atoms with van der Waals surface area (Å²) < 4.78 is 23.3. The van der Waals surface area contributed by atoms with Crippen LogP contribution in [0.15, 0.2) is 27.7 Å². The normalized spacial score (nSPS) is 13.2. The second kappa shape index (κ2) is 10.5. The van der Waals surface area contributed by atoms with Gasteiger partial charge in [-0.3, -0.25) is 9.79 Å². The number of aryl methyl sites for hydroxylation is 1. The van der Waals surface area contributed by atoms with E-state index in [0.29, 0.717) is 18.9 Å². The number of sulfone groups is 1. The zero-order valence-corrected chi connectivity index (χ0v) is 18.0. The fourth-order valence-electron chi connectivity index (χ4n) is 2.13. The van der Waals surface area contributed by atoms with Crippen LogP contribution in [0.5, 0.6) is 0 Å². The zero-order valence-electron chi connectivity index (χ0n) is 15.6. The van der Waals surface area contributed by atoms with Crippen molar-refractivity contribution in [3.05, 3.63) is 28.2 Å². The Kier molecular flexibility index (Phi) is 9.07. The summed E-state index contributed by atoms with van der Waals surface area (Å²) in [4.78, 5) is 16.2. The van der Waals surface area contributed by atoms with Gasteiger partial charge in [0.05, 0.1) is 5.75 Å². The number of carbonyl (C=O) groups is 1. The van der Waals surface area contributed by atoms with Crippen molar-refractivity contribution in [1.82, 2.24) is 10.6 Å². The molecule has 146 valence electrons. The van der Waals surface area contributed by atoms with Crippen molar-refractivity contribution in [1.29, 1.82) is 0 Å². The molecule has 9 heteroatoms. The highest BCUT2D eigenvalue weighted by atomic mass is 79.9. The Bertz CT molecular complexity index is 750. The average molecular weight is 447 g/mol. The van der Waals surface area contributed by atoms with Gasteiger partial charge in [0.2, 0.25) is 5.91 Å². The molecule has 0 bridgehead atoms. The molecule has 1 amide bonds. The molecule has 0 saturated carbocycles. The Morgan fingerprint density at radius 2 is 2.04 bits per heavy atom. The monoisotopic (exact) mass is 446 g/mol. The summed E-state index contributed by atoms with van der Waals surface area (Å²) in [6.07, 6.45) is 1.99. The lowest BCUT2D eigenvalue weighted by Crippen LogP contribution is -2.43. The van der Waals surface area contributed by atoms with Crippen molar-refractivity contribution in [2.45, 2.75) is 32.7 Å². The molecule has 1 unspecified atom stereocenters. The number of nitrogens with one attached hydrogen (secondary N) is 3. The van der Waals surface area contributed by atoms with Crippen LogP contribution in [0.25, 0.3) is 0 Å². The molecule has 0 aromatic heterocycles. The number of benzene rings is 1. The Hall–Kier alpha value is -1.61. The summed E-state index contributed by atoms with van der Waals surface area (Å²) in [7, 11) is -1.35. The quantitative estimate of drug-likeness (QED) is 0.419. The number of rotatable bonds is 8. The molecule has 7 nitrogen and oxygen atoms in total. The van der Waals surface area contributed by atoms with Gasteiger partial charge in [-0.05, 0) is 38.0 Å². The van der Waals surface area contributed by atoms with Gasteiger partial charge >= 0.3 is 0 Å². The molecule has 26 heavy (non-hydrogen) atoms. The van der Waals surface area contributed by atoms with Crippen molar-refractivity contribution < 1.29 is 13.2 Å². The van der Waals surface area contributed by atoms with Crippen LogP contribution in [0.4, 0.5) is 5.69 Å². The molecule has 3 N–H and O–H groups in total. The number of amides is 1. The van der Waals surface area contributed by atoms with E-state index in [9.17, 15) is 13.2 Å². The topological polar surface area (TPSA) is 99.7 Å². The highest BCUT2D eigenvalue weighted by Gasteiger charge is 2.10. The van der Waals surface area contributed by atoms with Crippen LogP contribution in [-0.2, 0) is 14.6 Å². The van der Waals surface area contributed by atoms with E-state index in [0.717, 1.165) is 15.7 Å². The molecule has 1 rings (SSSR count). The smallest absolute Gasteiger partial charge is 0.226 e. The summed E-state index contributed by atoms with van der Waals surface area (Å²) in [6.45, 7) is 4.24. The third-order valence-corrected chi connectivity index (χ3v) is 5.12. The highest BCUT2D eigenvalue weighted by Crippen LogP contribution is 2.20. The lowest BCUT2D eigenvalue weighted by atomic mass is 10.2. The first-order valence-electron chi connectivity index (χ1n) is 8.31. The first-order valence-corrected chi connectivity index (χ1v) is 11.2. The van der Waals surface area contributed by atoms with Gasteiger partial charge in [0.1, 0.15) is 9.84 Å². The Morgan fingerprint density at radius 1 is 1.35 bits per heavy atom. The maximum atomic E-state index is 12.1. The fourth-order valence-corrected chi connectivity index (χ4v) is 3.27. The number of hydrogen-bond acceptors (Lipinski definition) is 4. The number of halogens is 1. The van der Waals surface area contributed by atoms with Crippen LogP contribution in [0.1, 0.15) is 25.3 Å². The van der Waals surface area contributed by atoms with E-state index < -0.39 is 9.84 Å². The van der Waals surface area contributed by atoms with E-state index in [1.54, 1.807) is 7.05 Å². The van der Waals surface area contributed by atoms with Crippen LogP contribution >= 0.6 is 15.9 Å². The molecule has 0 aliphatic heterocycles. The van der Waals surface area contributed by atoms with E-state index in [-0.39, 0.29) is 24.1 Å². The SMILES string of the molecule is CN=C(NCCC(=O)Nc1cc(Br)ccc1C)NC(C)CCS(C)(=O)=O. The average Bonchev–Trinajstić information content (AvgIpc) is 2.54. The first kappa shape index (κ1) is 22.4. The van der Waals surface area contributed by atoms with Crippen molar-refractivity contribution in [2.75, 3.05) is 30.9 Å². The molecule has 1 aromatic carbocycles. The van der Waals surface area contributed by atoms with Crippen molar-refractivity contribution in [2.24, 2.45) is 4.99 Å². The van der Waals surface area contributed by atoms with E-state index in [2.05, 4.69) is 36.9 Å². The number of hydrogen-bond donors (Lipinski definition) is 3. The second-order valence-corrected chi connectivity index (χ2v) is 9.40. The molecular formula is C17H27BrN4O3S. The van der Waals surface area contributed by atoms with Crippen LogP contribution < -0.4 is 16.0 Å². The fraction of sp³-hybridized carbons (Fsp3) is 0.529. The third kappa shape index (κ3) is 9.19. The maximum absolute atomic E-state index is 12.1. The summed E-state index contributed by atoms with van der Waals surface area (Å²) in [5.41, 5.74) is 1.77. The van der Waals surface area contributed by atoms with Crippen LogP contribution in [0.2, 0.25) is 0 Å². The van der Waals surface area contributed by atoms with Crippen LogP contribution in [0.3, 0.4) is 0 Å². The number of anilines is 1. The molecule has 0 aliphatic rings. The van der Waals surface area contributed by atoms with Crippen molar-refractivity contribution in [3.8, 4) is 0 Å². The van der Waals surface area contributed by atoms with Gasteiger partial charge in [-0.25, -0.2) is 8.42 Å². The number of aliphatic imine (C=N–C) groups is 1. The predicted molar refractivity (Wildman–Crippen MR) is 110 cm³/mol. The molecular weight excluding hydrogens is 420 g/mol. The Balaban J connectivity index is 2.40. The standard InChI is InChI=1S/C17H27BrN4O3S/c1-12-5-6-14(18)11-15(12)22-16(23)7-9-20-17(19-3)21-13(2)8-10-26(4,24)25/h5-6,11,13H,7-10H2,1-4H3,(H,22,23)(H2,19,20,21). The first-order chi connectivity index (χ1) is 12.1. The summed E-state index contributed by atoms with van der Waals surface area (Å²) in [5.74, 6) is 0.559. The molecule has 0 aliphatic carbocycles. The third-order valence-electron chi connectivity index (χ3n) is 3.65. The van der Waals surface area contributed by atoms with Crippen molar-refractivity contribution >= 4 is 43.3 Å². The van der Waals surface area contributed by atoms with Gasteiger partial charge in [-0.15, -0.1) is 0 Å². The highest BCUT2D eigenvalue weighted by molar-refractivity contribution is 9.10. The number of nitrogens with zero attached hydrogens (tertiary/aromatic N) is 1. The maximum Gasteiger partial charge on any atom is 0.226 e. The largest absolute Gasteiger partial charge is 0.356 e. The van der Waals surface area contributed by atoms with Crippen LogP contribution in [0, 0.1) is 6.92 Å². The van der Waals surface area contributed by atoms with Gasteiger partial charge in [0.25, 0.3) is 0 Å². The second-order valence-electron chi connectivity index (χ2n) is 6.22. The number of carbonyl (C=O) groups excluding carboxylic acids is 1. The van der Waals surface area contributed by atoms with E-state index in [4.69, 9.17) is 0 Å². The molecule has 0 saturated heterocycles. The van der Waals surface area contributed by atoms with Crippen LogP contribution in [-0.4, -0.2) is 51.9 Å². The summed E-state index contributed by atoms with van der Waals surface area (Å²) in [5, 5.41) is 9.06. The lowest BCUT2D eigenvalue weighted by molar-refractivity contribution is -0.116. The van der Waals surface area contributed by atoms with E-state index >= 15 is 0 Å². The lowest BCUT2D eigenvalue weighted by Gasteiger charge is -2.17. The minimum Gasteiger partial charge on any atom is -0.356 e. The molecule has 0 heterocycles. The Labute approximate surface area is 164 Å². The Morgan fingerprint density at radius 3 is 2.65 bits per heavy atom. The molecule has 1 aromatic rings. The van der Waals surface area contributed by atoms with Gasteiger partial charge in [-0.2, -0.15) is 0 Å². The predicted octanol–water partition coefficient (Wildman–Crippen LogP) is 2.07. The van der Waals surface area contributed by atoms with E-state index in [1.807, 2.05) is 32.0 Å². The summed E-state index contributed by atoms with van der Waals surface area (Å²) >= 11 is 3.39. The summed E-state index contributed by atoms with van der Waals surface area (Å²) in [6, 6.07) is 5.67. The van der Waals surface area contributed by atoms with Gasteiger partial charge in [0.15, 0.2) is 5.96 Å². The molecule has 1 atom stereocenters. The minimum absolute atomic E-state index is 0.0472.